The van der Waals surface area contributed by atoms with Crippen molar-refractivity contribution in [3.8, 4) is 0 Å². The Morgan fingerprint density at radius 1 is 1.08 bits per heavy atom. The van der Waals surface area contributed by atoms with Gasteiger partial charge >= 0.3 is 0 Å². The van der Waals surface area contributed by atoms with Crippen LogP contribution in [0.3, 0.4) is 0 Å². The highest BCUT2D eigenvalue weighted by Gasteiger charge is 2.40. The van der Waals surface area contributed by atoms with Crippen molar-refractivity contribution in [2.24, 2.45) is 0 Å². The number of thiophene rings is 1. The second-order valence-electron chi connectivity index (χ2n) is 9.42. The molecule has 3 N–H and O–H groups in total. The summed E-state index contributed by atoms with van der Waals surface area (Å²) in [5, 5.41) is 26.1. The molecule has 2 aliphatic rings. The average molecular weight is 538 g/mol. The zero-order chi connectivity index (χ0) is 25.9. The van der Waals surface area contributed by atoms with Gasteiger partial charge in [0.15, 0.2) is 12.2 Å². The van der Waals surface area contributed by atoms with Gasteiger partial charge in [-0.2, -0.15) is 0 Å². The van der Waals surface area contributed by atoms with Crippen molar-refractivity contribution in [3.05, 3.63) is 87.1 Å². The number of benzene rings is 1. The van der Waals surface area contributed by atoms with E-state index in [1.165, 1.54) is 27.4 Å². The molecule has 1 saturated carbocycles. The number of anilines is 1. The standard InChI is InChI=1S/C28H28ClN3O4S/c29-23-8-4-5-9-24(23)31-10-12-32(13-11-31)28(36)26(34)25(33)27(35)30-16-20-14-19(17-37-20)22-15-21(22)18-6-2-1-3-7-18/h1-2,4-6,8-9,14,17,21-22,25-26,33-34H,10-13,15-16H2,(H,30,35)/t21?,22?,25-,26-/m1/s1. The van der Waals surface area contributed by atoms with Gasteiger partial charge in [0.25, 0.3) is 11.8 Å². The van der Waals surface area contributed by atoms with Crippen LogP contribution in [0.5, 0.6) is 0 Å². The fourth-order valence-corrected chi connectivity index (χ4v) is 5.94. The van der Waals surface area contributed by atoms with E-state index in [1.54, 1.807) is 0 Å². The number of hydrogen-bond acceptors (Lipinski definition) is 6. The molecule has 4 atom stereocenters. The summed E-state index contributed by atoms with van der Waals surface area (Å²) in [7, 11) is 0. The van der Waals surface area contributed by atoms with E-state index in [1.807, 2.05) is 36.4 Å². The molecule has 2 heterocycles. The van der Waals surface area contributed by atoms with Gasteiger partial charge in [-0.25, -0.2) is 0 Å². The van der Waals surface area contributed by atoms with Crippen LogP contribution in [0.1, 0.15) is 34.3 Å². The third-order valence-electron chi connectivity index (χ3n) is 7.01. The Balaban J connectivity index is 1.08. The Morgan fingerprint density at radius 3 is 2.59 bits per heavy atom. The van der Waals surface area contributed by atoms with Gasteiger partial charge in [-0.1, -0.05) is 41.9 Å². The molecule has 0 radical (unpaired) electrons. The number of nitrogens with one attached hydrogen (secondary N) is 1. The summed E-state index contributed by atoms with van der Waals surface area (Å²) in [6.07, 6.45) is -2.60. The van der Waals surface area contributed by atoms with Gasteiger partial charge in [0, 0.05) is 36.6 Å². The Labute approximate surface area is 225 Å². The number of aliphatic hydroxyl groups is 2. The molecule has 1 aliphatic heterocycles. The third-order valence-corrected chi connectivity index (χ3v) is 8.28. The first-order chi connectivity index (χ1) is 17.9. The first kappa shape index (κ1) is 25.6. The summed E-state index contributed by atoms with van der Waals surface area (Å²) in [5.74, 6) is -0.543. The monoisotopic (exact) mass is 537 g/mol. The molecule has 2 amide bonds. The van der Waals surface area contributed by atoms with E-state index in [0.29, 0.717) is 43.0 Å². The van der Waals surface area contributed by atoms with Crippen LogP contribution in [-0.4, -0.2) is 65.3 Å². The van der Waals surface area contributed by atoms with Crippen LogP contribution in [0.2, 0.25) is 5.02 Å². The van der Waals surface area contributed by atoms with Gasteiger partial charge in [-0.3, -0.25) is 9.59 Å². The predicted octanol–water partition coefficient (Wildman–Crippen LogP) is 2.96. The van der Waals surface area contributed by atoms with Crippen molar-refractivity contribution in [2.45, 2.75) is 37.0 Å². The van der Waals surface area contributed by atoms with Crippen LogP contribution in [0, 0.1) is 12.1 Å². The number of piperazine rings is 1. The van der Waals surface area contributed by atoms with Gasteiger partial charge in [0.05, 0.1) is 17.3 Å². The fourth-order valence-electron chi connectivity index (χ4n) is 4.79. The molecular formula is C28H28ClN3O4S. The first-order valence-electron chi connectivity index (χ1n) is 12.3. The number of halogens is 1. The molecule has 192 valence electrons. The SMILES string of the molecule is O=C(NCc1cc(C2CC2c2c#cccc2)cs1)[C@H](O)[C@@H](O)C(=O)N1CCN(c2ccccc2Cl)CC1. The van der Waals surface area contributed by atoms with Crippen LogP contribution in [0.4, 0.5) is 5.69 Å². The molecular weight excluding hydrogens is 510 g/mol. The zero-order valence-corrected chi connectivity index (χ0v) is 21.7. The summed E-state index contributed by atoms with van der Waals surface area (Å²) < 4.78 is 0. The molecule has 9 heteroatoms. The number of amides is 2. The lowest BCUT2D eigenvalue weighted by Crippen LogP contribution is -2.55. The minimum absolute atomic E-state index is 0.223. The highest BCUT2D eigenvalue weighted by atomic mass is 35.5. The summed E-state index contributed by atoms with van der Waals surface area (Å²) in [6, 6.07) is 21.6. The molecule has 5 rings (SSSR count). The summed E-state index contributed by atoms with van der Waals surface area (Å²) >= 11 is 7.81. The Bertz CT molecular complexity index is 1240. The number of nitrogens with zero attached hydrogens (tertiary/aromatic N) is 2. The van der Waals surface area contributed by atoms with Crippen LogP contribution < -0.4 is 10.2 Å². The van der Waals surface area contributed by atoms with E-state index in [2.05, 4.69) is 39.9 Å². The number of carbonyl (C=O) groups is 2. The molecule has 3 aromatic rings. The summed E-state index contributed by atoms with van der Waals surface area (Å²) in [6.45, 7) is 2.00. The van der Waals surface area contributed by atoms with Crippen molar-refractivity contribution in [3.63, 3.8) is 0 Å². The van der Waals surface area contributed by atoms with Crippen LogP contribution >= 0.6 is 22.9 Å². The molecule has 2 aromatic carbocycles. The van der Waals surface area contributed by atoms with E-state index < -0.39 is 24.0 Å². The zero-order valence-electron chi connectivity index (χ0n) is 20.1. The van der Waals surface area contributed by atoms with Gasteiger partial charge in [-0.15, -0.1) is 11.3 Å². The van der Waals surface area contributed by atoms with Crippen molar-refractivity contribution < 1.29 is 19.8 Å². The van der Waals surface area contributed by atoms with Crippen LogP contribution in [0.25, 0.3) is 0 Å². The average Bonchev–Trinajstić information content (AvgIpc) is 3.60. The van der Waals surface area contributed by atoms with E-state index in [9.17, 15) is 19.8 Å². The summed E-state index contributed by atoms with van der Waals surface area (Å²) in [5.41, 5.74) is 3.28. The molecule has 1 aromatic heterocycles. The topological polar surface area (TPSA) is 93.1 Å². The van der Waals surface area contributed by atoms with E-state index >= 15 is 0 Å². The maximum atomic E-state index is 12.7. The predicted molar refractivity (Wildman–Crippen MR) is 143 cm³/mol. The normalized spacial score (nSPS) is 20.6. The molecule has 2 fully saturated rings. The van der Waals surface area contributed by atoms with Crippen molar-refractivity contribution in [1.29, 1.82) is 0 Å². The highest BCUT2D eigenvalue weighted by Crippen LogP contribution is 2.54. The number of para-hydroxylation sites is 1. The first-order valence-corrected chi connectivity index (χ1v) is 13.6. The smallest absolute Gasteiger partial charge is 0.254 e. The van der Waals surface area contributed by atoms with Gasteiger partial charge in [-0.05, 0) is 59.5 Å². The maximum absolute atomic E-state index is 12.7. The third kappa shape index (κ3) is 5.76. The van der Waals surface area contributed by atoms with E-state index in [4.69, 9.17) is 11.6 Å². The molecule has 1 aliphatic carbocycles. The second kappa shape index (κ2) is 11.1. The number of aliphatic hydroxyl groups excluding tert-OH is 2. The van der Waals surface area contributed by atoms with Gasteiger partial charge < -0.3 is 25.3 Å². The molecule has 37 heavy (non-hydrogen) atoms. The Kier molecular flexibility index (Phi) is 7.68. The van der Waals surface area contributed by atoms with Crippen molar-refractivity contribution in [2.75, 3.05) is 31.1 Å². The lowest BCUT2D eigenvalue weighted by atomic mass is 10.1. The molecule has 0 spiro atoms. The molecule has 0 bridgehead atoms. The van der Waals surface area contributed by atoms with E-state index in [-0.39, 0.29) is 6.54 Å². The minimum atomic E-state index is -1.84. The maximum Gasteiger partial charge on any atom is 0.254 e. The van der Waals surface area contributed by atoms with E-state index in [0.717, 1.165) is 17.0 Å². The molecule has 2 unspecified atom stereocenters. The molecule has 1 saturated heterocycles. The largest absolute Gasteiger partial charge is 0.380 e. The van der Waals surface area contributed by atoms with Crippen LogP contribution in [-0.2, 0) is 16.1 Å². The van der Waals surface area contributed by atoms with Gasteiger partial charge in [0.2, 0.25) is 0 Å². The Morgan fingerprint density at radius 2 is 1.86 bits per heavy atom. The van der Waals surface area contributed by atoms with Crippen LogP contribution in [0.15, 0.2) is 53.9 Å². The molecule has 7 nitrogen and oxygen atoms in total. The fraction of sp³-hybridized carbons (Fsp3) is 0.357. The van der Waals surface area contributed by atoms with Crippen molar-refractivity contribution >= 4 is 40.4 Å². The van der Waals surface area contributed by atoms with Crippen molar-refractivity contribution in [1.82, 2.24) is 10.2 Å². The number of hydrogen-bond donors (Lipinski definition) is 3. The number of rotatable bonds is 8. The van der Waals surface area contributed by atoms with Gasteiger partial charge in [0.1, 0.15) is 0 Å². The quantitative estimate of drug-likeness (QED) is 0.411. The highest BCUT2D eigenvalue weighted by molar-refractivity contribution is 7.10. The summed E-state index contributed by atoms with van der Waals surface area (Å²) in [4.78, 5) is 29.7. The Hall–Kier alpha value is -3.09. The minimum Gasteiger partial charge on any atom is -0.380 e. The lowest BCUT2D eigenvalue weighted by molar-refractivity contribution is -0.153. The number of carbonyl (C=O) groups excluding carboxylic acids is 2. The second-order valence-corrected chi connectivity index (χ2v) is 10.8. The lowest BCUT2D eigenvalue weighted by Gasteiger charge is -2.37.